The topological polar surface area (TPSA) is 210 Å². The Morgan fingerprint density at radius 2 is 0.902 bits per heavy atom. The number of hydrogen-bond donors (Lipinski definition) is 6. The molecule has 0 aromatic carbocycles. The summed E-state index contributed by atoms with van der Waals surface area (Å²) in [5, 5.41) is 50.1. The molecule has 0 aromatic heterocycles. The van der Waals surface area contributed by atoms with Gasteiger partial charge in [-0.15, -0.1) is 0 Å². The van der Waals surface area contributed by atoms with Gasteiger partial charge < -0.3 is 39.9 Å². The quantitative estimate of drug-likeness (QED) is 0.0147. The first kappa shape index (κ1) is 57.1. The molecule has 0 heterocycles. The summed E-state index contributed by atoms with van der Waals surface area (Å²) in [7, 11) is -5.13. The van der Waals surface area contributed by atoms with Crippen LogP contribution in [0, 0.1) is 0 Å². The zero-order valence-corrected chi connectivity index (χ0v) is 38.6. The third kappa shape index (κ3) is 30.0. The standard InChI is InChI=1S/C47H85O13P/c1-3-5-7-9-11-13-15-17-19-20-22-23-25-27-29-31-33-35-40(48)57-37-39(38-58-61(55,56)60-47-45(53)43(51)42(50)44(52)46(47)54)59-41(49)36-34-32-30-28-26-24-21-18-16-14-12-10-8-6-4-2/h17,19,22-23,27,29,39,42-47,50-54H,3-16,18,20-21,24-26,28,30-38H2,1-2H3,(H,55,56)/b19-17+,23-22+,29-27+/t39-,42?,43-,44?,45?,46?,47?/m0/s1. The van der Waals surface area contributed by atoms with E-state index in [9.17, 15) is 44.6 Å². The fourth-order valence-electron chi connectivity index (χ4n) is 7.13. The van der Waals surface area contributed by atoms with Gasteiger partial charge in [0.25, 0.3) is 0 Å². The second kappa shape index (κ2) is 37.4. The monoisotopic (exact) mass is 889 g/mol. The molecule has 356 valence electrons. The highest BCUT2D eigenvalue weighted by Crippen LogP contribution is 2.47. The largest absolute Gasteiger partial charge is 0.472 e. The number of phosphoric ester groups is 1. The molecule has 1 aliphatic carbocycles. The van der Waals surface area contributed by atoms with Crippen molar-refractivity contribution in [3.8, 4) is 0 Å². The lowest BCUT2D eigenvalue weighted by Crippen LogP contribution is -2.64. The summed E-state index contributed by atoms with van der Waals surface area (Å²) >= 11 is 0. The first-order valence-corrected chi connectivity index (χ1v) is 25.3. The number of hydrogen-bond acceptors (Lipinski definition) is 12. The maximum absolute atomic E-state index is 12.8. The highest BCUT2D eigenvalue weighted by Gasteiger charge is 2.51. The van der Waals surface area contributed by atoms with Gasteiger partial charge in [0.1, 0.15) is 43.2 Å². The van der Waals surface area contributed by atoms with Crippen LogP contribution in [0.1, 0.15) is 194 Å². The number of esters is 2. The van der Waals surface area contributed by atoms with Crippen LogP contribution in [0.15, 0.2) is 36.5 Å². The molecule has 0 radical (unpaired) electrons. The van der Waals surface area contributed by atoms with Gasteiger partial charge in [0, 0.05) is 12.8 Å². The van der Waals surface area contributed by atoms with Crippen molar-refractivity contribution >= 4 is 19.8 Å². The fraction of sp³-hybridized carbons (Fsp3) is 0.830. The number of allylic oxidation sites excluding steroid dienone is 6. The number of rotatable bonds is 39. The van der Waals surface area contributed by atoms with Crippen molar-refractivity contribution in [3.63, 3.8) is 0 Å². The smallest absolute Gasteiger partial charge is 0.462 e. The zero-order chi connectivity index (χ0) is 45.0. The first-order chi connectivity index (χ1) is 29.4. The maximum atomic E-state index is 12.8. The minimum atomic E-state index is -5.13. The van der Waals surface area contributed by atoms with Crippen LogP contribution < -0.4 is 0 Å². The number of aliphatic hydroxyl groups excluding tert-OH is 5. The highest BCUT2D eigenvalue weighted by molar-refractivity contribution is 7.47. The lowest BCUT2D eigenvalue weighted by Gasteiger charge is -2.41. The SMILES string of the molecule is CCCCCCCC/C=C/C/C=C/C/C=C/CCCC(=O)OC[C@@H](COP(=O)(O)OC1C(O)C(O)C(O)[C@H](O)C1O)OC(=O)CCCCCCCCCCCCCCCCC. The molecule has 6 N–H and O–H groups in total. The van der Waals surface area contributed by atoms with E-state index < -0.39 is 75.7 Å². The lowest BCUT2D eigenvalue weighted by atomic mass is 9.85. The predicted octanol–water partition coefficient (Wildman–Crippen LogP) is 9.39. The Bertz CT molecular complexity index is 1210. The Morgan fingerprint density at radius 3 is 1.39 bits per heavy atom. The summed E-state index contributed by atoms with van der Waals surface area (Å²) in [5.74, 6) is -1.15. The Balaban J connectivity index is 2.48. The predicted molar refractivity (Wildman–Crippen MR) is 240 cm³/mol. The molecule has 6 unspecified atom stereocenters. The van der Waals surface area contributed by atoms with Crippen molar-refractivity contribution < 1.29 is 63.1 Å². The molecule has 0 saturated heterocycles. The van der Waals surface area contributed by atoms with E-state index >= 15 is 0 Å². The van der Waals surface area contributed by atoms with Crippen LogP contribution in [0.25, 0.3) is 0 Å². The Hall–Kier alpha value is -1.93. The molecule has 0 amide bonds. The fourth-order valence-corrected chi connectivity index (χ4v) is 8.10. The maximum Gasteiger partial charge on any atom is 0.472 e. The van der Waals surface area contributed by atoms with Gasteiger partial charge in [-0.2, -0.15) is 0 Å². The van der Waals surface area contributed by atoms with E-state index in [4.69, 9.17) is 18.5 Å². The molecule has 61 heavy (non-hydrogen) atoms. The van der Waals surface area contributed by atoms with E-state index in [-0.39, 0.29) is 12.8 Å². The molecule has 0 aliphatic heterocycles. The van der Waals surface area contributed by atoms with Crippen molar-refractivity contribution in [2.75, 3.05) is 13.2 Å². The van der Waals surface area contributed by atoms with Crippen molar-refractivity contribution in [3.05, 3.63) is 36.5 Å². The van der Waals surface area contributed by atoms with Crippen molar-refractivity contribution in [1.29, 1.82) is 0 Å². The van der Waals surface area contributed by atoms with Gasteiger partial charge in [0.05, 0.1) is 6.61 Å². The normalized spacial score (nSPS) is 22.3. The molecular weight excluding hydrogens is 803 g/mol. The van der Waals surface area contributed by atoms with Gasteiger partial charge in [-0.3, -0.25) is 18.6 Å². The van der Waals surface area contributed by atoms with E-state index in [1.54, 1.807) is 0 Å². The Kier molecular flexibility index (Phi) is 35.0. The molecule has 0 bridgehead atoms. The number of carbonyl (C=O) groups excluding carboxylic acids is 2. The summed E-state index contributed by atoms with van der Waals surface area (Å²) in [4.78, 5) is 35.7. The van der Waals surface area contributed by atoms with E-state index in [0.717, 1.165) is 44.9 Å². The van der Waals surface area contributed by atoms with Gasteiger partial charge in [-0.25, -0.2) is 4.57 Å². The Morgan fingerprint density at radius 1 is 0.508 bits per heavy atom. The van der Waals surface area contributed by atoms with Crippen LogP contribution in [0.2, 0.25) is 0 Å². The summed E-state index contributed by atoms with van der Waals surface area (Å²) in [5.41, 5.74) is 0. The minimum Gasteiger partial charge on any atom is -0.462 e. The van der Waals surface area contributed by atoms with Crippen LogP contribution in [0.5, 0.6) is 0 Å². The van der Waals surface area contributed by atoms with Crippen molar-refractivity contribution in [2.45, 2.75) is 236 Å². The molecule has 0 aromatic rings. The molecular formula is C47H85O13P. The van der Waals surface area contributed by atoms with Gasteiger partial charge in [-0.1, -0.05) is 172 Å². The number of ether oxygens (including phenoxy) is 2. The molecule has 14 heteroatoms. The van der Waals surface area contributed by atoms with Crippen molar-refractivity contribution in [1.82, 2.24) is 0 Å². The third-order valence-corrected chi connectivity index (χ3v) is 12.0. The van der Waals surface area contributed by atoms with Crippen LogP contribution >= 0.6 is 7.82 Å². The molecule has 1 aliphatic rings. The van der Waals surface area contributed by atoms with Gasteiger partial charge in [0.2, 0.25) is 0 Å². The first-order valence-electron chi connectivity index (χ1n) is 23.8. The number of aliphatic hydroxyl groups is 5. The molecule has 1 rings (SSSR count). The average molecular weight is 889 g/mol. The van der Waals surface area contributed by atoms with Crippen LogP contribution in [-0.2, 0) is 32.7 Å². The summed E-state index contributed by atoms with van der Waals surface area (Å²) in [6.45, 7) is 3.26. The summed E-state index contributed by atoms with van der Waals surface area (Å²) in [6, 6.07) is 0. The zero-order valence-electron chi connectivity index (χ0n) is 37.7. The summed E-state index contributed by atoms with van der Waals surface area (Å²) in [6.07, 6.45) is 29.2. The van der Waals surface area contributed by atoms with E-state index in [0.29, 0.717) is 19.3 Å². The second-order valence-electron chi connectivity index (χ2n) is 16.6. The van der Waals surface area contributed by atoms with Crippen LogP contribution in [0.4, 0.5) is 0 Å². The minimum absolute atomic E-state index is 0.0893. The number of carbonyl (C=O) groups is 2. The number of phosphoric acid groups is 1. The second-order valence-corrected chi connectivity index (χ2v) is 18.0. The van der Waals surface area contributed by atoms with E-state index in [1.807, 2.05) is 12.2 Å². The average Bonchev–Trinajstić information content (AvgIpc) is 3.24. The third-order valence-electron chi connectivity index (χ3n) is 11.0. The Labute approximate surface area is 368 Å². The van der Waals surface area contributed by atoms with E-state index in [2.05, 4.69) is 38.2 Å². The van der Waals surface area contributed by atoms with Gasteiger partial charge in [0.15, 0.2) is 6.10 Å². The molecule has 0 spiro atoms. The molecule has 8 atom stereocenters. The molecule has 13 nitrogen and oxygen atoms in total. The van der Waals surface area contributed by atoms with Crippen molar-refractivity contribution in [2.24, 2.45) is 0 Å². The number of unbranched alkanes of at least 4 members (excludes halogenated alkanes) is 21. The lowest BCUT2D eigenvalue weighted by molar-refractivity contribution is -0.220. The summed E-state index contributed by atoms with van der Waals surface area (Å²) < 4.78 is 33.5. The van der Waals surface area contributed by atoms with E-state index in [1.165, 1.54) is 103 Å². The van der Waals surface area contributed by atoms with Gasteiger partial charge >= 0.3 is 19.8 Å². The van der Waals surface area contributed by atoms with Crippen LogP contribution in [-0.4, -0.2) is 98.3 Å². The highest BCUT2D eigenvalue weighted by atomic mass is 31.2. The molecule has 1 fully saturated rings. The van der Waals surface area contributed by atoms with Crippen LogP contribution in [0.3, 0.4) is 0 Å². The van der Waals surface area contributed by atoms with Gasteiger partial charge in [-0.05, 0) is 44.9 Å². The molecule has 1 saturated carbocycles.